The third kappa shape index (κ3) is 5.00. The maximum absolute atomic E-state index is 12.8. The third-order valence-electron chi connectivity index (χ3n) is 8.37. The Balaban J connectivity index is 1.45. The molecule has 11 nitrogen and oxygen atoms in total. The monoisotopic (exact) mass is 545 g/mol. The van der Waals surface area contributed by atoms with Gasteiger partial charge in [0.05, 0.1) is 44.8 Å². The maximum atomic E-state index is 12.8. The van der Waals surface area contributed by atoms with Gasteiger partial charge in [0.15, 0.2) is 6.29 Å². The van der Waals surface area contributed by atoms with Crippen LogP contribution in [0.25, 0.3) is 10.9 Å². The zero-order valence-corrected chi connectivity index (χ0v) is 22.0. The molecule has 3 aliphatic heterocycles. The van der Waals surface area contributed by atoms with Crippen molar-refractivity contribution in [2.75, 3.05) is 27.3 Å². The number of likely N-dealkylation sites (N-methyl/N-ethyl adjacent to an activating group) is 1. The molecule has 4 heterocycles. The van der Waals surface area contributed by atoms with Crippen LogP contribution in [-0.4, -0.2) is 95.7 Å². The topological polar surface area (TPSA) is 155 Å². The maximum Gasteiger partial charge on any atom is 0.337 e. The molecule has 0 saturated carbocycles. The summed E-state index contributed by atoms with van der Waals surface area (Å²) in [5, 5.41) is 41.6. The molecule has 1 fully saturated rings. The lowest BCUT2D eigenvalue weighted by atomic mass is 9.78. The van der Waals surface area contributed by atoms with E-state index in [0.717, 1.165) is 24.2 Å². The summed E-state index contributed by atoms with van der Waals surface area (Å²) >= 11 is 0. The fourth-order valence-corrected chi connectivity index (χ4v) is 6.13. The second kappa shape index (κ2) is 11.4. The van der Waals surface area contributed by atoms with Crippen molar-refractivity contribution in [3.8, 4) is 0 Å². The van der Waals surface area contributed by atoms with E-state index in [4.69, 9.17) is 18.9 Å². The molecule has 1 aromatic carbocycles. The number of para-hydroxylation sites is 1. The highest BCUT2D eigenvalue weighted by Crippen LogP contribution is 2.41. The Kier molecular flexibility index (Phi) is 8.11. The quantitative estimate of drug-likeness (QED) is 0.196. The molecule has 6 N–H and O–H groups in total. The van der Waals surface area contributed by atoms with Gasteiger partial charge in [-0.1, -0.05) is 24.3 Å². The number of aromatic amines is 1. The molecule has 11 heteroatoms. The van der Waals surface area contributed by atoms with Crippen molar-refractivity contribution in [2.45, 2.75) is 55.9 Å². The number of benzene rings is 1. The molecule has 212 valence electrons. The molecule has 1 aromatic heterocycles. The Morgan fingerprint density at radius 3 is 2.69 bits per heavy atom. The number of aliphatic hydroxyl groups is 4. The molecule has 0 bridgehead atoms. The number of hydrogen-bond donors (Lipinski definition) is 6. The van der Waals surface area contributed by atoms with Crippen LogP contribution >= 0.6 is 0 Å². The third-order valence-corrected chi connectivity index (χ3v) is 8.37. The lowest BCUT2D eigenvalue weighted by Gasteiger charge is -2.43. The fourth-order valence-electron chi connectivity index (χ4n) is 6.13. The SMILES string of the molecule is C=CC1C(OC2OC(CO)C(O)C(O)C2O)OC=C(C(=O)OC)C1CC1c2[nH]c3ccccc3c2CC[NH+]1C. The van der Waals surface area contributed by atoms with E-state index in [1.807, 2.05) is 12.1 Å². The Morgan fingerprint density at radius 1 is 1.21 bits per heavy atom. The highest BCUT2D eigenvalue weighted by Gasteiger charge is 2.48. The lowest BCUT2D eigenvalue weighted by molar-refractivity contribution is -0.915. The van der Waals surface area contributed by atoms with Gasteiger partial charge in [-0.05, 0) is 11.6 Å². The zero-order chi connectivity index (χ0) is 27.8. The number of ether oxygens (including phenoxy) is 4. The van der Waals surface area contributed by atoms with Gasteiger partial charge in [-0.15, -0.1) is 6.58 Å². The first-order valence-corrected chi connectivity index (χ1v) is 13.2. The molecule has 3 aliphatic rings. The minimum atomic E-state index is -1.59. The Hall–Kier alpha value is -2.77. The van der Waals surface area contributed by atoms with Gasteiger partial charge in [0, 0.05) is 35.6 Å². The van der Waals surface area contributed by atoms with Gasteiger partial charge in [0.25, 0.3) is 0 Å². The van der Waals surface area contributed by atoms with E-state index in [-0.39, 0.29) is 6.04 Å². The molecule has 1 saturated heterocycles. The summed E-state index contributed by atoms with van der Waals surface area (Å²) in [6.45, 7) is 4.32. The van der Waals surface area contributed by atoms with Gasteiger partial charge in [-0.3, -0.25) is 0 Å². The van der Waals surface area contributed by atoms with Crippen molar-refractivity contribution in [3.63, 3.8) is 0 Å². The normalized spacial score (nSPS) is 36.5. The Morgan fingerprint density at radius 2 is 1.97 bits per heavy atom. The largest absolute Gasteiger partial charge is 0.471 e. The second-order valence-corrected chi connectivity index (χ2v) is 10.5. The minimum Gasteiger partial charge on any atom is -0.471 e. The number of aromatic nitrogens is 1. The number of esters is 1. The lowest BCUT2D eigenvalue weighted by Crippen LogP contribution is -3.10. The molecule has 5 rings (SSSR count). The minimum absolute atomic E-state index is 0.0210. The average molecular weight is 546 g/mol. The zero-order valence-electron chi connectivity index (χ0n) is 22.0. The van der Waals surface area contributed by atoms with Crippen molar-refractivity contribution in [1.82, 2.24) is 4.98 Å². The first kappa shape index (κ1) is 27.8. The number of H-pyrrole nitrogens is 1. The van der Waals surface area contributed by atoms with Crippen LogP contribution in [0.3, 0.4) is 0 Å². The number of aliphatic hydroxyl groups excluding tert-OH is 4. The van der Waals surface area contributed by atoms with Crippen molar-refractivity contribution >= 4 is 16.9 Å². The summed E-state index contributed by atoms with van der Waals surface area (Å²) < 4.78 is 22.4. The van der Waals surface area contributed by atoms with E-state index < -0.39 is 61.4 Å². The Labute approximate surface area is 226 Å². The van der Waals surface area contributed by atoms with E-state index in [2.05, 4.69) is 30.7 Å². The number of quaternary nitrogens is 1. The van der Waals surface area contributed by atoms with E-state index >= 15 is 0 Å². The van der Waals surface area contributed by atoms with Crippen LogP contribution in [0, 0.1) is 11.8 Å². The molecule has 10 unspecified atom stereocenters. The molecule has 0 aliphatic carbocycles. The number of fused-ring (bicyclic) bond motifs is 3. The van der Waals surface area contributed by atoms with Crippen LogP contribution in [-0.2, 0) is 30.2 Å². The highest BCUT2D eigenvalue weighted by atomic mass is 16.8. The van der Waals surface area contributed by atoms with Crippen LogP contribution < -0.4 is 4.90 Å². The average Bonchev–Trinajstić information content (AvgIpc) is 3.33. The molecular formula is C28H37N2O9+. The van der Waals surface area contributed by atoms with E-state index in [0.29, 0.717) is 12.0 Å². The second-order valence-electron chi connectivity index (χ2n) is 10.5. The fraction of sp³-hybridized carbons (Fsp3) is 0.536. The standard InChI is InChI=1S/C28H36N2O9/c1-4-14-17(11-20-22-16(9-10-30(20)2)15-7-5-6-8-19(15)29-22)18(26(35)36-3)13-37-27(14)39-28-25(34)24(33)23(32)21(12-31)38-28/h4-8,13-14,17,20-21,23-25,27-29,31-34H,1,9-12H2,2-3H3/p+1. The van der Waals surface area contributed by atoms with Crippen molar-refractivity contribution < 1.29 is 49.1 Å². The van der Waals surface area contributed by atoms with Gasteiger partial charge < -0.3 is 49.3 Å². The van der Waals surface area contributed by atoms with Crippen LogP contribution in [0.5, 0.6) is 0 Å². The molecule has 10 atom stereocenters. The number of methoxy groups -OCH3 is 1. The van der Waals surface area contributed by atoms with Crippen molar-refractivity contribution in [3.05, 3.63) is 60.0 Å². The van der Waals surface area contributed by atoms with Crippen LogP contribution in [0.4, 0.5) is 0 Å². The summed E-state index contributed by atoms with van der Waals surface area (Å²) in [6.07, 6.45) is -3.83. The molecule has 0 spiro atoms. The molecule has 2 aromatic rings. The van der Waals surface area contributed by atoms with E-state index in [1.165, 1.54) is 29.2 Å². The van der Waals surface area contributed by atoms with Crippen molar-refractivity contribution in [2.24, 2.45) is 11.8 Å². The number of hydrogen-bond acceptors (Lipinski definition) is 9. The molecule has 0 amide bonds. The summed E-state index contributed by atoms with van der Waals surface area (Å²) in [5.74, 6) is -1.50. The summed E-state index contributed by atoms with van der Waals surface area (Å²) in [7, 11) is 3.44. The van der Waals surface area contributed by atoms with Gasteiger partial charge >= 0.3 is 5.97 Å². The predicted molar refractivity (Wildman–Crippen MR) is 138 cm³/mol. The smallest absolute Gasteiger partial charge is 0.337 e. The summed E-state index contributed by atoms with van der Waals surface area (Å²) in [5.41, 5.74) is 3.82. The molecular weight excluding hydrogens is 508 g/mol. The molecule has 39 heavy (non-hydrogen) atoms. The number of rotatable bonds is 7. The summed E-state index contributed by atoms with van der Waals surface area (Å²) in [4.78, 5) is 17.7. The Bertz CT molecular complexity index is 1230. The van der Waals surface area contributed by atoms with E-state index in [9.17, 15) is 25.2 Å². The summed E-state index contributed by atoms with van der Waals surface area (Å²) in [6, 6.07) is 8.23. The number of nitrogens with one attached hydrogen (secondary N) is 2. The predicted octanol–water partition coefficient (Wildman–Crippen LogP) is -0.682. The number of carbonyl (C=O) groups excluding carboxylic acids is 1. The molecule has 0 radical (unpaired) electrons. The highest BCUT2D eigenvalue weighted by molar-refractivity contribution is 5.89. The van der Waals surface area contributed by atoms with Crippen LogP contribution in [0.1, 0.15) is 23.7 Å². The van der Waals surface area contributed by atoms with Gasteiger partial charge in [0.1, 0.15) is 30.5 Å². The number of carbonyl (C=O) groups is 1. The first-order chi connectivity index (χ1) is 18.8. The first-order valence-electron chi connectivity index (χ1n) is 13.2. The van der Waals surface area contributed by atoms with Crippen LogP contribution in [0.15, 0.2) is 48.8 Å². The van der Waals surface area contributed by atoms with Gasteiger partial charge in [-0.25, -0.2) is 4.79 Å². The van der Waals surface area contributed by atoms with Crippen molar-refractivity contribution in [1.29, 1.82) is 0 Å². The van der Waals surface area contributed by atoms with E-state index in [1.54, 1.807) is 6.08 Å². The van der Waals surface area contributed by atoms with Gasteiger partial charge in [0.2, 0.25) is 6.29 Å². The van der Waals surface area contributed by atoms with Crippen LogP contribution in [0.2, 0.25) is 0 Å². The van der Waals surface area contributed by atoms with Gasteiger partial charge in [-0.2, -0.15) is 0 Å².